The number of aliphatic carboxylic acids is 2. The molecule has 120 valence electrons. The molecule has 0 fully saturated rings. The van der Waals surface area contributed by atoms with E-state index in [2.05, 4.69) is 60.7 Å². The Labute approximate surface area is 146 Å². The summed E-state index contributed by atoms with van der Waals surface area (Å²) in [5.74, 6) is -1.74. The maximum absolute atomic E-state index is 9.90. The van der Waals surface area contributed by atoms with Gasteiger partial charge in [-0.1, -0.05) is 0 Å². The van der Waals surface area contributed by atoms with Crippen LogP contribution in [0.2, 0.25) is 0 Å². The molecule has 4 nitrogen and oxygen atoms in total. The summed E-state index contributed by atoms with van der Waals surface area (Å²) in [4.78, 5) is 19.8. The number of hydrogen-bond acceptors (Lipinski definition) is 2. The molecular weight excluding hydrogens is 399 g/mol. The maximum atomic E-state index is 9.90. The summed E-state index contributed by atoms with van der Waals surface area (Å²) in [5, 5.41) is 16.3. The third-order valence-corrected chi connectivity index (χ3v) is 6.42. The Morgan fingerprint density at radius 3 is 1.35 bits per heavy atom. The fourth-order valence-electron chi connectivity index (χ4n) is 1.76. The van der Waals surface area contributed by atoms with Crippen LogP contribution in [-0.2, 0) is 9.59 Å². The minimum atomic E-state index is -0.870. The van der Waals surface area contributed by atoms with Crippen LogP contribution < -0.4 is 7.16 Å². The minimum absolute atomic E-state index is 0.0628. The van der Waals surface area contributed by atoms with E-state index in [-0.39, 0.29) is 12.8 Å². The first-order valence-electron chi connectivity index (χ1n) is 7.38. The average molecular weight is 419 g/mol. The Hall–Kier alpha value is -1.82. The molecule has 2 aromatic rings. The van der Waals surface area contributed by atoms with Crippen LogP contribution in [0.4, 0.5) is 0 Å². The van der Waals surface area contributed by atoms with Gasteiger partial charge in [0, 0.05) is 12.8 Å². The first-order valence-corrected chi connectivity index (χ1v) is 10.2. The molecule has 23 heavy (non-hydrogen) atoms. The molecule has 2 rings (SSSR count). The molecule has 0 aliphatic rings. The van der Waals surface area contributed by atoms with Crippen molar-refractivity contribution >= 4 is 40.2 Å². The molecule has 2 aromatic carbocycles. The summed E-state index contributed by atoms with van der Waals surface area (Å²) < 4.78 is 3.08. The molecule has 2 radical (unpaired) electrons. The van der Waals surface area contributed by atoms with Crippen LogP contribution in [0.5, 0.6) is 0 Å². The second-order valence-corrected chi connectivity index (χ2v) is 8.86. The number of benzene rings is 2. The van der Waals surface area contributed by atoms with E-state index in [4.69, 9.17) is 10.2 Å². The van der Waals surface area contributed by atoms with Gasteiger partial charge in [0.2, 0.25) is 0 Å². The Morgan fingerprint density at radius 1 is 0.696 bits per heavy atom. The second-order valence-electron chi connectivity index (χ2n) is 4.85. The molecule has 0 aromatic heterocycles. The van der Waals surface area contributed by atoms with Gasteiger partial charge in [0.25, 0.3) is 0 Å². The van der Waals surface area contributed by atoms with Gasteiger partial charge in [-0.25, -0.2) is 0 Å². The van der Waals surface area contributed by atoms with E-state index in [1.165, 1.54) is 7.16 Å². The van der Waals surface area contributed by atoms with Crippen LogP contribution in [0.1, 0.15) is 25.7 Å². The van der Waals surface area contributed by atoms with Gasteiger partial charge in [-0.3, -0.25) is 9.59 Å². The number of carboxylic acid groups (broad SMARTS) is 2. The van der Waals surface area contributed by atoms with Crippen LogP contribution >= 0.6 is 0 Å². The summed E-state index contributed by atoms with van der Waals surface area (Å²) in [6, 6.07) is 21.6. The number of rotatable bonds is 7. The molecular formula is C18H20O4Sn. The van der Waals surface area contributed by atoms with Crippen molar-refractivity contribution in [2.24, 2.45) is 0 Å². The second kappa shape index (κ2) is 11.7. The number of carbonyl (C=O) groups is 2. The molecule has 2 N–H and O–H groups in total. The van der Waals surface area contributed by atoms with E-state index in [1.54, 1.807) is 0 Å². The number of carboxylic acids is 2. The van der Waals surface area contributed by atoms with E-state index >= 15 is 0 Å². The molecule has 0 heterocycles. The molecule has 0 spiro atoms. The summed E-state index contributed by atoms with van der Waals surface area (Å²) in [6.07, 6.45) is 1.02. The summed E-state index contributed by atoms with van der Waals surface area (Å²) >= 11 is -0.517. The third kappa shape index (κ3) is 10.5. The zero-order valence-electron chi connectivity index (χ0n) is 12.8. The van der Waals surface area contributed by atoms with Gasteiger partial charge in [0.15, 0.2) is 0 Å². The number of unbranched alkanes of at least 4 members (excludes halogenated alkanes) is 1. The van der Waals surface area contributed by atoms with E-state index in [9.17, 15) is 9.59 Å². The fourth-order valence-corrected chi connectivity index (χ4v) is 4.76. The van der Waals surface area contributed by atoms with Crippen molar-refractivity contribution in [3.63, 3.8) is 0 Å². The van der Waals surface area contributed by atoms with Crippen molar-refractivity contribution in [1.82, 2.24) is 0 Å². The Balaban J connectivity index is 0.000000241. The van der Waals surface area contributed by atoms with Crippen molar-refractivity contribution < 1.29 is 19.8 Å². The van der Waals surface area contributed by atoms with Gasteiger partial charge in [-0.15, -0.1) is 0 Å². The van der Waals surface area contributed by atoms with Crippen LogP contribution in [0.25, 0.3) is 0 Å². The first kappa shape index (κ1) is 19.2. The van der Waals surface area contributed by atoms with Gasteiger partial charge >= 0.3 is 101 Å². The standard InChI is InChI=1S/C6H10O4.2C6H5.Sn/c7-5(8)3-1-2-4-6(9)10;2*1-2-4-6-5-3-1;/h1-4H2,(H,7,8)(H,9,10);2*1-5H;. The predicted octanol–water partition coefficient (Wildman–Crippen LogP) is 2.06. The van der Waals surface area contributed by atoms with Crippen molar-refractivity contribution in [3.8, 4) is 0 Å². The van der Waals surface area contributed by atoms with E-state index in [0.29, 0.717) is 12.8 Å². The SMILES string of the molecule is O=C(O)CCCCC(=O)O.c1cc[c]([Sn][c]2ccccc2)cc1. The van der Waals surface area contributed by atoms with Crippen LogP contribution in [-0.4, -0.2) is 43.3 Å². The molecule has 0 atom stereocenters. The van der Waals surface area contributed by atoms with Crippen molar-refractivity contribution in [2.45, 2.75) is 25.7 Å². The van der Waals surface area contributed by atoms with Crippen molar-refractivity contribution in [3.05, 3.63) is 60.7 Å². The molecule has 0 amide bonds. The molecule has 0 aliphatic carbocycles. The van der Waals surface area contributed by atoms with Crippen LogP contribution in [0, 0.1) is 0 Å². The number of hydrogen-bond donors (Lipinski definition) is 2. The zero-order chi connectivity index (χ0) is 16.9. The van der Waals surface area contributed by atoms with Gasteiger partial charge in [-0.2, -0.15) is 0 Å². The third-order valence-electron chi connectivity index (χ3n) is 2.87. The van der Waals surface area contributed by atoms with Crippen LogP contribution in [0.15, 0.2) is 60.7 Å². The fraction of sp³-hybridized carbons (Fsp3) is 0.222. The predicted molar refractivity (Wildman–Crippen MR) is 91.6 cm³/mol. The van der Waals surface area contributed by atoms with Crippen molar-refractivity contribution in [1.29, 1.82) is 0 Å². The van der Waals surface area contributed by atoms with Gasteiger partial charge in [-0.05, 0) is 12.8 Å². The van der Waals surface area contributed by atoms with Crippen molar-refractivity contribution in [2.75, 3.05) is 0 Å². The molecule has 0 unspecified atom stereocenters. The Bertz CT molecular complexity index is 531. The van der Waals surface area contributed by atoms with E-state index in [1.807, 2.05) is 0 Å². The Morgan fingerprint density at radius 2 is 1.04 bits per heavy atom. The monoisotopic (exact) mass is 420 g/mol. The quantitative estimate of drug-likeness (QED) is 0.533. The topological polar surface area (TPSA) is 74.6 Å². The molecule has 5 heteroatoms. The molecule has 0 saturated heterocycles. The summed E-state index contributed by atoms with van der Waals surface area (Å²) in [6.45, 7) is 0. The first-order chi connectivity index (χ1) is 11.1. The van der Waals surface area contributed by atoms with E-state index in [0.717, 1.165) is 0 Å². The summed E-state index contributed by atoms with van der Waals surface area (Å²) in [5.41, 5.74) is 0. The van der Waals surface area contributed by atoms with E-state index < -0.39 is 33.1 Å². The van der Waals surface area contributed by atoms with Gasteiger partial charge in [0.05, 0.1) is 0 Å². The molecule has 0 saturated carbocycles. The summed E-state index contributed by atoms with van der Waals surface area (Å²) in [7, 11) is 0. The average Bonchev–Trinajstić information content (AvgIpc) is 2.54. The van der Waals surface area contributed by atoms with Crippen LogP contribution in [0.3, 0.4) is 0 Å². The molecule has 0 aliphatic heterocycles. The molecule has 0 bridgehead atoms. The van der Waals surface area contributed by atoms with Gasteiger partial charge < -0.3 is 10.2 Å². The zero-order valence-corrected chi connectivity index (χ0v) is 15.7. The normalized spacial score (nSPS) is 9.57. The Kier molecular flexibility index (Phi) is 9.79. The van der Waals surface area contributed by atoms with Gasteiger partial charge in [0.1, 0.15) is 0 Å².